The van der Waals surface area contributed by atoms with E-state index in [9.17, 15) is 4.79 Å². The molecular formula is C24H27ClN2O5. The van der Waals surface area contributed by atoms with Crippen molar-refractivity contribution in [3.63, 3.8) is 0 Å². The molecule has 0 aliphatic heterocycles. The number of hydrogen-bond acceptors (Lipinski definition) is 7. The monoisotopic (exact) mass is 458 g/mol. The summed E-state index contributed by atoms with van der Waals surface area (Å²) in [5.41, 5.74) is 2.62. The van der Waals surface area contributed by atoms with Crippen molar-refractivity contribution in [2.75, 3.05) is 26.9 Å². The van der Waals surface area contributed by atoms with Crippen LogP contribution >= 0.6 is 11.6 Å². The average molecular weight is 459 g/mol. The van der Waals surface area contributed by atoms with Gasteiger partial charge in [0.05, 0.1) is 31.4 Å². The first-order valence-electron chi connectivity index (χ1n) is 10.5. The predicted octanol–water partition coefficient (Wildman–Crippen LogP) is 4.69. The lowest BCUT2D eigenvalue weighted by molar-refractivity contribution is -0.149. The fraction of sp³-hybridized carbons (Fsp3) is 0.375. The Morgan fingerprint density at radius 1 is 1.19 bits per heavy atom. The third kappa shape index (κ3) is 6.55. The molecule has 8 heteroatoms. The largest absolute Gasteiger partial charge is 0.477 e. The minimum Gasteiger partial charge on any atom is -0.477 e. The number of aromatic nitrogens is 2. The summed E-state index contributed by atoms with van der Waals surface area (Å²) in [6, 6.07) is 11.0. The normalized spacial score (nSPS) is 11.9. The second kappa shape index (κ2) is 11.6. The van der Waals surface area contributed by atoms with Crippen molar-refractivity contribution < 1.29 is 23.4 Å². The lowest BCUT2D eigenvalue weighted by Crippen LogP contribution is -2.24. The Morgan fingerprint density at radius 2 is 1.97 bits per heavy atom. The van der Waals surface area contributed by atoms with E-state index in [2.05, 4.69) is 9.97 Å². The van der Waals surface area contributed by atoms with Crippen LogP contribution in [0.4, 0.5) is 0 Å². The number of methoxy groups -OCH3 is 1. The van der Waals surface area contributed by atoms with Gasteiger partial charge in [-0.1, -0.05) is 17.7 Å². The average Bonchev–Trinajstić information content (AvgIpc) is 3.15. The number of ether oxygens (including phenoxy) is 3. The Labute approximate surface area is 192 Å². The van der Waals surface area contributed by atoms with Crippen LogP contribution in [0.25, 0.3) is 11.5 Å². The zero-order chi connectivity index (χ0) is 22.9. The number of benzene rings is 1. The zero-order valence-electron chi connectivity index (χ0n) is 18.5. The van der Waals surface area contributed by atoms with E-state index in [-0.39, 0.29) is 11.9 Å². The first-order valence-corrected chi connectivity index (χ1v) is 10.8. The van der Waals surface area contributed by atoms with Crippen molar-refractivity contribution in [1.82, 2.24) is 9.97 Å². The molecule has 0 N–H and O–H groups in total. The summed E-state index contributed by atoms with van der Waals surface area (Å²) in [7, 11) is 1.57. The molecular weight excluding hydrogens is 432 g/mol. The van der Waals surface area contributed by atoms with Crippen LogP contribution in [-0.2, 0) is 27.1 Å². The molecule has 0 amide bonds. The van der Waals surface area contributed by atoms with Crippen LogP contribution in [0, 0.1) is 12.8 Å². The third-order valence-electron chi connectivity index (χ3n) is 4.84. The fourth-order valence-electron chi connectivity index (χ4n) is 3.20. The molecule has 0 fully saturated rings. The van der Waals surface area contributed by atoms with Gasteiger partial charge in [-0.05, 0) is 50.1 Å². The van der Waals surface area contributed by atoms with Crippen molar-refractivity contribution in [3.05, 3.63) is 64.6 Å². The molecule has 1 atom stereocenters. The highest BCUT2D eigenvalue weighted by Crippen LogP contribution is 2.23. The van der Waals surface area contributed by atoms with Gasteiger partial charge in [-0.25, -0.2) is 9.97 Å². The second-order valence-corrected chi connectivity index (χ2v) is 7.68. The van der Waals surface area contributed by atoms with E-state index in [4.69, 9.17) is 30.2 Å². The van der Waals surface area contributed by atoms with E-state index >= 15 is 0 Å². The van der Waals surface area contributed by atoms with E-state index in [1.54, 1.807) is 38.4 Å². The third-order valence-corrected chi connectivity index (χ3v) is 5.09. The van der Waals surface area contributed by atoms with Gasteiger partial charge >= 0.3 is 5.97 Å². The zero-order valence-corrected chi connectivity index (χ0v) is 19.2. The van der Waals surface area contributed by atoms with E-state index in [0.29, 0.717) is 49.5 Å². The van der Waals surface area contributed by atoms with E-state index < -0.39 is 0 Å². The highest BCUT2D eigenvalue weighted by Gasteiger charge is 2.20. The van der Waals surface area contributed by atoms with Gasteiger partial charge in [0.25, 0.3) is 0 Å². The highest BCUT2D eigenvalue weighted by atomic mass is 35.5. The number of esters is 1. The number of nitrogens with zero attached hydrogens (tertiary/aromatic N) is 2. The summed E-state index contributed by atoms with van der Waals surface area (Å²) in [5.74, 6) is 1.19. The van der Waals surface area contributed by atoms with Crippen molar-refractivity contribution >= 4 is 17.6 Å². The molecule has 2 heterocycles. The predicted molar refractivity (Wildman–Crippen MR) is 121 cm³/mol. The summed E-state index contributed by atoms with van der Waals surface area (Å²) in [4.78, 5) is 21.0. The van der Waals surface area contributed by atoms with Gasteiger partial charge in [0, 0.05) is 36.4 Å². The fourth-order valence-corrected chi connectivity index (χ4v) is 3.33. The number of carbonyl (C=O) groups excluding carboxylic acids is 1. The van der Waals surface area contributed by atoms with Gasteiger partial charge in [0.15, 0.2) is 0 Å². The van der Waals surface area contributed by atoms with Gasteiger partial charge in [0.2, 0.25) is 11.8 Å². The maximum absolute atomic E-state index is 12.0. The van der Waals surface area contributed by atoms with Crippen LogP contribution < -0.4 is 4.74 Å². The molecule has 7 nitrogen and oxygen atoms in total. The Morgan fingerprint density at radius 3 is 2.62 bits per heavy atom. The molecule has 1 unspecified atom stereocenters. The van der Waals surface area contributed by atoms with Crippen LogP contribution in [0.3, 0.4) is 0 Å². The minimum atomic E-state index is -0.363. The summed E-state index contributed by atoms with van der Waals surface area (Å²) >= 11 is 5.94. The molecule has 32 heavy (non-hydrogen) atoms. The summed E-state index contributed by atoms with van der Waals surface area (Å²) < 4.78 is 21.8. The Kier molecular flexibility index (Phi) is 8.64. The van der Waals surface area contributed by atoms with Crippen LogP contribution in [-0.4, -0.2) is 42.9 Å². The minimum absolute atomic E-state index is 0.268. The Bertz CT molecular complexity index is 1000. The molecule has 0 bridgehead atoms. The van der Waals surface area contributed by atoms with E-state index in [1.807, 2.05) is 25.1 Å². The molecule has 0 spiro atoms. The highest BCUT2D eigenvalue weighted by molar-refractivity contribution is 6.30. The first-order chi connectivity index (χ1) is 15.5. The molecule has 170 valence electrons. The molecule has 3 aromatic rings. The lowest BCUT2D eigenvalue weighted by Gasteiger charge is -2.14. The van der Waals surface area contributed by atoms with Gasteiger partial charge in [-0.15, -0.1) is 0 Å². The van der Waals surface area contributed by atoms with Crippen molar-refractivity contribution in [2.45, 2.75) is 26.7 Å². The van der Waals surface area contributed by atoms with Gasteiger partial charge in [-0.2, -0.15) is 0 Å². The number of aryl methyl sites for hydroxylation is 1. The molecule has 1 aromatic carbocycles. The molecule has 0 saturated carbocycles. The standard InChI is InChI=1S/C24H27ClN2O5/c1-4-30-24(28)19(15-29-3)13-17-5-10-22(26-14-17)31-12-11-21-16(2)32-23(27-21)18-6-8-20(25)9-7-18/h5-10,14,19H,4,11-13,15H2,1-3H3. The topological polar surface area (TPSA) is 83.7 Å². The summed E-state index contributed by atoms with van der Waals surface area (Å²) in [6.45, 7) is 4.72. The number of oxazole rings is 1. The molecule has 3 rings (SSSR count). The Balaban J connectivity index is 1.53. The maximum atomic E-state index is 12.0. The van der Waals surface area contributed by atoms with Gasteiger partial charge < -0.3 is 18.6 Å². The maximum Gasteiger partial charge on any atom is 0.311 e. The number of carbonyl (C=O) groups is 1. The van der Waals surface area contributed by atoms with E-state index in [1.165, 1.54) is 0 Å². The molecule has 0 aliphatic rings. The van der Waals surface area contributed by atoms with Crippen LogP contribution in [0.1, 0.15) is 23.9 Å². The SMILES string of the molecule is CCOC(=O)C(COC)Cc1ccc(OCCc2nc(-c3ccc(Cl)cc3)oc2C)nc1. The van der Waals surface area contributed by atoms with Crippen LogP contribution in [0.15, 0.2) is 47.0 Å². The molecule has 0 aliphatic carbocycles. The summed E-state index contributed by atoms with van der Waals surface area (Å²) in [6.07, 6.45) is 2.79. The van der Waals surface area contributed by atoms with Crippen molar-refractivity contribution in [1.29, 1.82) is 0 Å². The second-order valence-electron chi connectivity index (χ2n) is 7.24. The smallest absolute Gasteiger partial charge is 0.311 e. The number of halogens is 1. The van der Waals surface area contributed by atoms with Crippen LogP contribution in [0.5, 0.6) is 5.88 Å². The van der Waals surface area contributed by atoms with Crippen molar-refractivity contribution in [3.8, 4) is 17.3 Å². The lowest BCUT2D eigenvalue weighted by atomic mass is 10.0. The molecule has 0 saturated heterocycles. The Hall–Kier alpha value is -2.90. The van der Waals surface area contributed by atoms with Gasteiger partial charge in [0.1, 0.15) is 5.76 Å². The molecule has 0 radical (unpaired) electrons. The molecule has 2 aromatic heterocycles. The first kappa shape index (κ1) is 23.8. The van der Waals surface area contributed by atoms with Crippen LogP contribution in [0.2, 0.25) is 5.02 Å². The van der Waals surface area contributed by atoms with Gasteiger partial charge in [-0.3, -0.25) is 4.79 Å². The quantitative estimate of drug-likeness (QED) is 0.385. The summed E-state index contributed by atoms with van der Waals surface area (Å²) in [5, 5.41) is 0.666. The number of rotatable bonds is 11. The van der Waals surface area contributed by atoms with Crippen molar-refractivity contribution in [2.24, 2.45) is 5.92 Å². The number of hydrogen-bond donors (Lipinski definition) is 0. The number of pyridine rings is 1. The van der Waals surface area contributed by atoms with E-state index in [0.717, 1.165) is 22.6 Å².